The first-order valence-corrected chi connectivity index (χ1v) is 5.87. The summed E-state index contributed by atoms with van der Waals surface area (Å²) in [5.41, 5.74) is 8.00. The van der Waals surface area contributed by atoms with Crippen LogP contribution < -0.4 is 10.5 Å². The highest BCUT2D eigenvalue weighted by atomic mass is 19.1. The van der Waals surface area contributed by atoms with Gasteiger partial charge >= 0.3 is 0 Å². The molecular weight excluding hydrogens is 245 g/mol. The van der Waals surface area contributed by atoms with Crippen molar-refractivity contribution in [1.82, 2.24) is 0 Å². The minimum Gasteiger partial charge on any atom is -0.489 e. The molecule has 0 aliphatic heterocycles. The second-order valence-corrected chi connectivity index (χ2v) is 4.23. The number of nitrogens with two attached hydrogens (primary N) is 1. The molecule has 1 aromatic heterocycles. The number of hydrogen-bond donors (Lipinski definition) is 1. The molecule has 0 radical (unpaired) electrons. The third kappa shape index (κ3) is 2.25. The molecule has 0 saturated carbocycles. The quantitative estimate of drug-likeness (QED) is 0.727. The normalized spacial score (nSPS) is 10.8. The van der Waals surface area contributed by atoms with Crippen LogP contribution in [0.4, 0.5) is 10.1 Å². The number of hydrogen-bond acceptors (Lipinski definition) is 3. The Kier molecular flexibility index (Phi) is 2.83. The number of ether oxygens (including phenoxy) is 1. The summed E-state index contributed by atoms with van der Waals surface area (Å²) in [5, 5.41) is 0.933. The van der Waals surface area contributed by atoms with Gasteiger partial charge < -0.3 is 14.9 Å². The van der Waals surface area contributed by atoms with Crippen LogP contribution in [-0.4, -0.2) is 0 Å². The Labute approximate surface area is 109 Å². The van der Waals surface area contributed by atoms with Gasteiger partial charge in [-0.3, -0.25) is 0 Å². The zero-order valence-electron chi connectivity index (χ0n) is 10.1. The Morgan fingerprint density at radius 3 is 2.68 bits per heavy atom. The molecule has 3 nitrogen and oxygen atoms in total. The lowest BCUT2D eigenvalue weighted by Gasteiger charge is -2.04. The van der Waals surface area contributed by atoms with Crippen LogP contribution in [0.5, 0.6) is 5.75 Å². The highest BCUT2D eigenvalue weighted by molar-refractivity contribution is 5.90. The summed E-state index contributed by atoms with van der Waals surface area (Å²) in [6.45, 7) is 0.349. The fourth-order valence-electron chi connectivity index (χ4n) is 1.94. The summed E-state index contributed by atoms with van der Waals surface area (Å²) in [7, 11) is 0. The van der Waals surface area contributed by atoms with E-state index in [0.717, 1.165) is 10.9 Å². The molecular formula is C15H12FNO2. The van der Waals surface area contributed by atoms with Crippen molar-refractivity contribution in [3.8, 4) is 5.75 Å². The fourth-order valence-corrected chi connectivity index (χ4v) is 1.94. The summed E-state index contributed by atoms with van der Waals surface area (Å²) in [6.07, 6.45) is 1.63. The average molecular weight is 257 g/mol. The molecule has 0 unspecified atom stereocenters. The van der Waals surface area contributed by atoms with Crippen LogP contribution in [0.1, 0.15) is 5.56 Å². The molecule has 0 bridgehead atoms. The fraction of sp³-hybridized carbons (Fsp3) is 0.0667. The minimum absolute atomic E-state index is 0.283. The number of anilines is 1. The maximum atomic E-state index is 12.8. The van der Waals surface area contributed by atoms with E-state index >= 15 is 0 Å². The lowest BCUT2D eigenvalue weighted by atomic mass is 10.1. The summed E-state index contributed by atoms with van der Waals surface area (Å²) >= 11 is 0. The molecule has 0 atom stereocenters. The van der Waals surface area contributed by atoms with Gasteiger partial charge in [0.2, 0.25) is 0 Å². The zero-order chi connectivity index (χ0) is 13.2. The van der Waals surface area contributed by atoms with E-state index in [2.05, 4.69) is 0 Å². The zero-order valence-corrected chi connectivity index (χ0v) is 10.1. The largest absolute Gasteiger partial charge is 0.489 e. The topological polar surface area (TPSA) is 48.4 Å². The molecule has 19 heavy (non-hydrogen) atoms. The lowest BCUT2D eigenvalue weighted by Crippen LogP contribution is -1.94. The van der Waals surface area contributed by atoms with Crippen molar-refractivity contribution >= 4 is 16.7 Å². The predicted molar refractivity (Wildman–Crippen MR) is 71.4 cm³/mol. The van der Waals surface area contributed by atoms with Crippen molar-refractivity contribution in [2.75, 3.05) is 5.73 Å². The van der Waals surface area contributed by atoms with Gasteiger partial charge in [0.15, 0.2) is 5.58 Å². The van der Waals surface area contributed by atoms with E-state index in [1.54, 1.807) is 24.5 Å². The van der Waals surface area contributed by atoms with Crippen LogP contribution in [0, 0.1) is 5.82 Å². The minimum atomic E-state index is -0.283. The van der Waals surface area contributed by atoms with E-state index in [4.69, 9.17) is 14.9 Å². The van der Waals surface area contributed by atoms with Crippen molar-refractivity contribution < 1.29 is 13.5 Å². The lowest BCUT2D eigenvalue weighted by molar-refractivity contribution is 0.305. The van der Waals surface area contributed by atoms with Crippen molar-refractivity contribution in [3.05, 3.63) is 60.1 Å². The van der Waals surface area contributed by atoms with E-state index in [1.165, 1.54) is 12.1 Å². The van der Waals surface area contributed by atoms with Gasteiger partial charge in [-0.05, 0) is 30.3 Å². The number of rotatable bonds is 3. The van der Waals surface area contributed by atoms with Gasteiger partial charge in [0.1, 0.15) is 18.2 Å². The molecule has 2 N–H and O–H groups in total. The van der Waals surface area contributed by atoms with Crippen molar-refractivity contribution in [2.24, 2.45) is 0 Å². The van der Waals surface area contributed by atoms with E-state index in [1.807, 2.05) is 12.1 Å². The first-order valence-electron chi connectivity index (χ1n) is 5.87. The van der Waals surface area contributed by atoms with Crippen LogP contribution in [-0.2, 0) is 6.61 Å². The highest BCUT2D eigenvalue weighted by Gasteiger charge is 2.08. The highest BCUT2D eigenvalue weighted by Crippen LogP contribution is 2.27. The maximum absolute atomic E-state index is 12.8. The van der Waals surface area contributed by atoms with Gasteiger partial charge in [-0.25, -0.2) is 4.39 Å². The van der Waals surface area contributed by atoms with Gasteiger partial charge in [-0.1, -0.05) is 12.1 Å². The Balaban J connectivity index is 1.82. The molecule has 0 spiro atoms. The Morgan fingerprint density at radius 2 is 1.89 bits per heavy atom. The number of halogens is 1. The van der Waals surface area contributed by atoms with Crippen LogP contribution in [0.3, 0.4) is 0 Å². The van der Waals surface area contributed by atoms with E-state index in [9.17, 15) is 4.39 Å². The summed E-state index contributed by atoms with van der Waals surface area (Å²) in [5.74, 6) is 0.327. The average Bonchev–Trinajstić information content (AvgIpc) is 2.83. The number of benzene rings is 2. The van der Waals surface area contributed by atoms with Gasteiger partial charge in [0.25, 0.3) is 0 Å². The third-order valence-electron chi connectivity index (χ3n) is 2.92. The predicted octanol–water partition coefficient (Wildman–Crippen LogP) is 3.73. The molecule has 0 fully saturated rings. The van der Waals surface area contributed by atoms with Gasteiger partial charge in [0, 0.05) is 10.9 Å². The molecule has 2 aromatic carbocycles. The molecule has 0 amide bonds. The van der Waals surface area contributed by atoms with Gasteiger partial charge in [-0.2, -0.15) is 0 Å². The second-order valence-electron chi connectivity index (χ2n) is 4.23. The Morgan fingerprint density at radius 1 is 1.11 bits per heavy atom. The van der Waals surface area contributed by atoms with E-state index in [-0.39, 0.29) is 5.82 Å². The van der Waals surface area contributed by atoms with Crippen molar-refractivity contribution in [3.63, 3.8) is 0 Å². The molecule has 0 aliphatic carbocycles. The van der Waals surface area contributed by atoms with Gasteiger partial charge in [-0.15, -0.1) is 0 Å². The smallest absolute Gasteiger partial charge is 0.157 e. The first kappa shape index (κ1) is 11.6. The van der Waals surface area contributed by atoms with Crippen LogP contribution in [0.25, 0.3) is 11.0 Å². The number of fused-ring (bicyclic) bond motifs is 1. The Bertz CT molecular complexity index is 704. The van der Waals surface area contributed by atoms with E-state index < -0.39 is 0 Å². The third-order valence-corrected chi connectivity index (χ3v) is 2.92. The molecule has 0 aliphatic rings. The monoisotopic (exact) mass is 257 g/mol. The SMILES string of the molecule is Nc1cccc2c(COc3ccc(F)cc3)coc12. The van der Waals surface area contributed by atoms with Crippen molar-refractivity contribution in [2.45, 2.75) is 6.61 Å². The van der Waals surface area contributed by atoms with E-state index in [0.29, 0.717) is 23.6 Å². The number of furan rings is 1. The van der Waals surface area contributed by atoms with Crippen LogP contribution >= 0.6 is 0 Å². The molecule has 96 valence electrons. The molecule has 4 heteroatoms. The molecule has 3 rings (SSSR count). The number of para-hydroxylation sites is 1. The standard InChI is InChI=1S/C15H12FNO2/c16-11-4-6-12(7-5-11)18-8-10-9-19-15-13(10)2-1-3-14(15)17/h1-7,9H,8,17H2. The summed E-state index contributed by atoms with van der Waals surface area (Å²) < 4.78 is 23.8. The number of nitrogen functional groups attached to an aromatic ring is 1. The summed E-state index contributed by atoms with van der Waals surface area (Å²) in [6, 6.07) is 11.5. The molecule has 1 heterocycles. The second kappa shape index (κ2) is 4.65. The van der Waals surface area contributed by atoms with Crippen LogP contribution in [0.2, 0.25) is 0 Å². The maximum Gasteiger partial charge on any atom is 0.157 e. The molecule has 3 aromatic rings. The molecule has 0 saturated heterocycles. The Hall–Kier alpha value is -2.49. The van der Waals surface area contributed by atoms with Gasteiger partial charge in [0.05, 0.1) is 12.0 Å². The van der Waals surface area contributed by atoms with Crippen molar-refractivity contribution in [1.29, 1.82) is 0 Å². The summed E-state index contributed by atoms with van der Waals surface area (Å²) in [4.78, 5) is 0. The van der Waals surface area contributed by atoms with Crippen LogP contribution in [0.15, 0.2) is 53.1 Å². The first-order chi connectivity index (χ1) is 9.24.